The number of anilines is 1. The van der Waals surface area contributed by atoms with E-state index in [1.54, 1.807) is 0 Å². The molecule has 0 aromatic carbocycles. The first-order chi connectivity index (χ1) is 7.45. The second kappa shape index (κ2) is 5.37. The predicted molar refractivity (Wildman–Crippen MR) is 69.9 cm³/mol. The molecular weight excluding hydrogens is 198 g/mol. The maximum absolute atomic E-state index is 4.54. The smallest absolute Gasteiger partial charge is 0.203 e. The highest BCUT2D eigenvalue weighted by molar-refractivity contribution is 5.30. The van der Waals surface area contributed by atoms with E-state index < -0.39 is 0 Å². The van der Waals surface area contributed by atoms with Crippen LogP contribution in [0.1, 0.15) is 52.8 Å². The number of hydrogen-bond donors (Lipinski definition) is 1. The minimum Gasteiger partial charge on any atom is -0.353 e. The van der Waals surface area contributed by atoms with Crippen molar-refractivity contribution in [1.29, 1.82) is 0 Å². The van der Waals surface area contributed by atoms with Crippen molar-refractivity contribution in [3.05, 3.63) is 11.9 Å². The highest BCUT2D eigenvalue weighted by Gasteiger charge is 2.14. The minimum atomic E-state index is 0.452. The molecule has 0 spiro atoms. The normalized spacial score (nSPS) is 15.2. The molecule has 1 aromatic rings. The lowest BCUT2D eigenvalue weighted by atomic mass is 10.0. The van der Waals surface area contributed by atoms with Crippen LogP contribution in [-0.2, 0) is 0 Å². The average Bonchev–Trinajstić information content (AvgIpc) is 2.58. The molecule has 3 heteroatoms. The van der Waals surface area contributed by atoms with Gasteiger partial charge < -0.3 is 9.88 Å². The van der Waals surface area contributed by atoms with Crippen molar-refractivity contribution in [2.45, 2.75) is 60.0 Å². The van der Waals surface area contributed by atoms with E-state index in [2.05, 4.69) is 55.7 Å². The van der Waals surface area contributed by atoms with E-state index >= 15 is 0 Å². The molecule has 1 heterocycles. The molecule has 0 aliphatic carbocycles. The molecule has 1 aromatic heterocycles. The average molecular weight is 223 g/mol. The summed E-state index contributed by atoms with van der Waals surface area (Å²) < 4.78 is 2.20. The van der Waals surface area contributed by atoms with E-state index in [1.165, 1.54) is 6.42 Å². The van der Waals surface area contributed by atoms with E-state index in [-0.39, 0.29) is 0 Å². The lowest BCUT2D eigenvalue weighted by Crippen LogP contribution is -2.25. The van der Waals surface area contributed by atoms with E-state index in [0.29, 0.717) is 18.0 Å². The maximum Gasteiger partial charge on any atom is 0.203 e. The molecule has 2 unspecified atom stereocenters. The molecule has 16 heavy (non-hydrogen) atoms. The molecule has 0 aliphatic rings. The standard InChI is InChI=1S/C13H25N3/c1-7-10(4)12(6)15-13-14-11(5)8-16(13)9(2)3/h8-10,12H,7H2,1-6H3,(H,14,15). The third kappa shape index (κ3) is 3.00. The van der Waals surface area contributed by atoms with Crippen LogP contribution in [0, 0.1) is 12.8 Å². The summed E-state index contributed by atoms with van der Waals surface area (Å²) in [4.78, 5) is 4.54. The minimum absolute atomic E-state index is 0.452. The Labute approximate surface area is 99.3 Å². The van der Waals surface area contributed by atoms with Crippen LogP contribution in [0.3, 0.4) is 0 Å². The SMILES string of the molecule is CCC(C)C(C)Nc1nc(C)cn1C(C)C. The Morgan fingerprint density at radius 1 is 1.31 bits per heavy atom. The van der Waals surface area contributed by atoms with Crippen LogP contribution in [0.5, 0.6) is 0 Å². The van der Waals surface area contributed by atoms with Crippen LogP contribution >= 0.6 is 0 Å². The molecule has 0 bridgehead atoms. The molecule has 0 saturated carbocycles. The molecule has 0 aliphatic heterocycles. The van der Waals surface area contributed by atoms with E-state index in [9.17, 15) is 0 Å². The van der Waals surface area contributed by atoms with Crippen molar-refractivity contribution < 1.29 is 0 Å². The fourth-order valence-electron chi connectivity index (χ4n) is 1.72. The van der Waals surface area contributed by atoms with Gasteiger partial charge in [0.15, 0.2) is 0 Å². The topological polar surface area (TPSA) is 29.9 Å². The Kier molecular flexibility index (Phi) is 4.39. The molecule has 0 amide bonds. The third-order valence-corrected chi connectivity index (χ3v) is 3.26. The molecular formula is C13H25N3. The summed E-state index contributed by atoms with van der Waals surface area (Å²) in [5.41, 5.74) is 1.08. The van der Waals surface area contributed by atoms with Gasteiger partial charge in [-0.1, -0.05) is 20.3 Å². The quantitative estimate of drug-likeness (QED) is 0.826. The number of nitrogens with zero attached hydrogens (tertiary/aromatic N) is 2. The number of aromatic nitrogens is 2. The van der Waals surface area contributed by atoms with Gasteiger partial charge in [0, 0.05) is 18.3 Å². The molecule has 92 valence electrons. The Balaban J connectivity index is 2.80. The number of rotatable bonds is 5. The summed E-state index contributed by atoms with van der Waals surface area (Å²) in [6.07, 6.45) is 3.30. The van der Waals surface area contributed by atoms with Crippen LogP contribution < -0.4 is 5.32 Å². The zero-order valence-electron chi connectivity index (χ0n) is 11.4. The summed E-state index contributed by atoms with van der Waals surface area (Å²) >= 11 is 0. The Morgan fingerprint density at radius 3 is 2.44 bits per heavy atom. The molecule has 0 fully saturated rings. The van der Waals surface area contributed by atoms with E-state index in [4.69, 9.17) is 0 Å². The third-order valence-electron chi connectivity index (χ3n) is 3.26. The molecule has 1 N–H and O–H groups in total. The summed E-state index contributed by atoms with van der Waals surface area (Å²) in [7, 11) is 0. The van der Waals surface area contributed by atoms with Gasteiger partial charge in [-0.2, -0.15) is 0 Å². The first kappa shape index (κ1) is 13.1. The second-order valence-corrected chi connectivity index (χ2v) is 5.03. The van der Waals surface area contributed by atoms with Crippen LogP contribution in [0.2, 0.25) is 0 Å². The largest absolute Gasteiger partial charge is 0.353 e. The monoisotopic (exact) mass is 223 g/mol. The van der Waals surface area contributed by atoms with E-state index in [0.717, 1.165) is 11.6 Å². The molecule has 0 radical (unpaired) electrons. The van der Waals surface area contributed by atoms with Crippen molar-refractivity contribution in [2.24, 2.45) is 5.92 Å². The zero-order valence-corrected chi connectivity index (χ0v) is 11.4. The van der Waals surface area contributed by atoms with Crippen LogP contribution in [0.25, 0.3) is 0 Å². The lowest BCUT2D eigenvalue weighted by Gasteiger charge is -2.22. The van der Waals surface area contributed by atoms with Gasteiger partial charge in [-0.25, -0.2) is 4.98 Å². The fourth-order valence-corrected chi connectivity index (χ4v) is 1.72. The highest BCUT2D eigenvalue weighted by atomic mass is 15.2. The summed E-state index contributed by atoms with van der Waals surface area (Å²) in [6.45, 7) is 13.1. The second-order valence-electron chi connectivity index (χ2n) is 5.03. The predicted octanol–water partition coefficient (Wildman–Crippen LogP) is 3.62. The van der Waals surface area contributed by atoms with Gasteiger partial charge in [-0.15, -0.1) is 0 Å². The lowest BCUT2D eigenvalue weighted by molar-refractivity contribution is 0.486. The van der Waals surface area contributed by atoms with Gasteiger partial charge in [-0.3, -0.25) is 0 Å². The van der Waals surface area contributed by atoms with Crippen molar-refractivity contribution in [3.8, 4) is 0 Å². The molecule has 0 saturated heterocycles. The van der Waals surface area contributed by atoms with Crippen molar-refractivity contribution >= 4 is 5.95 Å². The number of hydrogen-bond acceptors (Lipinski definition) is 2. The first-order valence-corrected chi connectivity index (χ1v) is 6.27. The maximum atomic E-state index is 4.54. The van der Waals surface area contributed by atoms with Crippen LogP contribution in [0.4, 0.5) is 5.95 Å². The van der Waals surface area contributed by atoms with Crippen molar-refractivity contribution in [3.63, 3.8) is 0 Å². The van der Waals surface area contributed by atoms with Gasteiger partial charge >= 0.3 is 0 Å². The molecule has 2 atom stereocenters. The van der Waals surface area contributed by atoms with Gasteiger partial charge in [0.05, 0.1) is 5.69 Å². The number of imidazole rings is 1. The Morgan fingerprint density at radius 2 is 1.94 bits per heavy atom. The molecule has 3 nitrogen and oxygen atoms in total. The fraction of sp³-hybridized carbons (Fsp3) is 0.769. The van der Waals surface area contributed by atoms with Crippen LogP contribution in [0.15, 0.2) is 6.20 Å². The number of aryl methyl sites for hydroxylation is 1. The Hall–Kier alpha value is -0.990. The zero-order chi connectivity index (χ0) is 12.3. The molecule has 1 rings (SSSR count). The van der Waals surface area contributed by atoms with Crippen LogP contribution in [-0.4, -0.2) is 15.6 Å². The van der Waals surface area contributed by atoms with E-state index in [1.807, 2.05) is 6.92 Å². The highest BCUT2D eigenvalue weighted by Crippen LogP contribution is 2.18. The summed E-state index contributed by atoms with van der Waals surface area (Å²) in [6, 6.07) is 0.914. The van der Waals surface area contributed by atoms with Gasteiger partial charge in [0.2, 0.25) is 5.95 Å². The van der Waals surface area contributed by atoms with Gasteiger partial charge in [-0.05, 0) is 33.6 Å². The van der Waals surface area contributed by atoms with Gasteiger partial charge in [0.25, 0.3) is 0 Å². The van der Waals surface area contributed by atoms with Gasteiger partial charge in [0.1, 0.15) is 0 Å². The summed E-state index contributed by atoms with van der Waals surface area (Å²) in [5.74, 6) is 1.66. The first-order valence-electron chi connectivity index (χ1n) is 6.27. The Bertz CT molecular complexity index is 328. The number of nitrogens with one attached hydrogen (secondary N) is 1. The summed E-state index contributed by atoms with van der Waals surface area (Å²) in [5, 5.41) is 3.52. The van der Waals surface area contributed by atoms with Crippen molar-refractivity contribution in [1.82, 2.24) is 9.55 Å². The van der Waals surface area contributed by atoms with Crippen molar-refractivity contribution in [2.75, 3.05) is 5.32 Å².